The minimum Gasteiger partial charge on any atom is -0.486 e. The second-order valence-corrected chi connectivity index (χ2v) is 3.81. The Bertz CT molecular complexity index is 517. The molecule has 92 valence electrons. The van der Waals surface area contributed by atoms with Gasteiger partial charge in [-0.15, -0.1) is 0 Å². The lowest BCUT2D eigenvalue weighted by molar-refractivity contribution is 0.290. The summed E-state index contributed by atoms with van der Waals surface area (Å²) in [5, 5.41) is 17.9. The van der Waals surface area contributed by atoms with Gasteiger partial charge >= 0.3 is 7.12 Å². The minimum absolute atomic E-state index is 0.00412. The lowest BCUT2D eigenvalue weighted by Crippen LogP contribution is -2.32. The topological polar surface area (TPSA) is 49.7 Å². The van der Waals surface area contributed by atoms with Gasteiger partial charge in [-0.1, -0.05) is 42.5 Å². The van der Waals surface area contributed by atoms with Crippen LogP contribution in [0.4, 0.5) is 4.39 Å². The number of benzene rings is 2. The normalized spacial score (nSPS) is 10.2. The van der Waals surface area contributed by atoms with Gasteiger partial charge in [0, 0.05) is 5.46 Å². The third-order valence-electron chi connectivity index (χ3n) is 2.51. The first-order chi connectivity index (χ1) is 8.68. The van der Waals surface area contributed by atoms with Crippen molar-refractivity contribution in [1.82, 2.24) is 0 Å². The molecule has 0 unspecified atom stereocenters. The third kappa shape index (κ3) is 2.88. The fraction of sp³-hybridized carbons (Fsp3) is 0.0769. The minimum atomic E-state index is -1.84. The smallest absolute Gasteiger partial charge is 0.486 e. The molecule has 0 aliphatic heterocycles. The first-order valence-corrected chi connectivity index (χ1v) is 5.50. The lowest BCUT2D eigenvalue weighted by atomic mass is 9.80. The molecule has 0 bridgehead atoms. The van der Waals surface area contributed by atoms with Gasteiger partial charge in [-0.3, -0.25) is 0 Å². The summed E-state index contributed by atoms with van der Waals surface area (Å²) in [6.45, 7) is 0.225. The van der Waals surface area contributed by atoms with E-state index in [-0.39, 0.29) is 17.8 Å². The van der Waals surface area contributed by atoms with Gasteiger partial charge in [0.2, 0.25) is 0 Å². The van der Waals surface area contributed by atoms with Gasteiger partial charge in [0.25, 0.3) is 0 Å². The highest BCUT2D eigenvalue weighted by molar-refractivity contribution is 6.58. The monoisotopic (exact) mass is 246 g/mol. The van der Waals surface area contributed by atoms with Crippen molar-refractivity contribution >= 4 is 12.6 Å². The fourth-order valence-corrected chi connectivity index (χ4v) is 1.57. The first-order valence-electron chi connectivity index (χ1n) is 5.50. The Balaban J connectivity index is 2.13. The molecule has 0 saturated heterocycles. The van der Waals surface area contributed by atoms with Crippen LogP contribution in [0.25, 0.3) is 0 Å². The van der Waals surface area contributed by atoms with Crippen LogP contribution in [-0.4, -0.2) is 17.2 Å². The van der Waals surface area contributed by atoms with Crippen molar-refractivity contribution in [2.45, 2.75) is 6.61 Å². The average Bonchev–Trinajstić information content (AvgIpc) is 2.38. The molecule has 0 radical (unpaired) electrons. The molecular weight excluding hydrogens is 234 g/mol. The van der Waals surface area contributed by atoms with Crippen molar-refractivity contribution in [2.75, 3.05) is 0 Å². The highest BCUT2D eigenvalue weighted by Gasteiger charge is 2.19. The van der Waals surface area contributed by atoms with Gasteiger partial charge < -0.3 is 14.8 Å². The predicted octanol–water partition coefficient (Wildman–Crippen LogP) is 1.08. The molecule has 2 aromatic carbocycles. The van der Waals surface area contributed by atoms with E-state index in [1.165, 1.54) is 18.2 Å². The highest BCUT2D eigenvalue weighted by atomic mass is 19.1. The van der Waals surface area contributed by atoms with Crippen LogP contribution in [0.1, 0.15) is 5.56 Å². The lowest BCUT2D eigenvalue weighted by Gasteiger charge is -2.09. The van der Waals surface area contributed by atoms with Gasteiger partial charge in [-0.25, -0.2) is 4.39 Å². The summed E-state index contributed by atoms with van der Waals surface area (Å²) in [7, 11) is -1.84. The van der Waals surface area contributed by atoms with Crippen LogP contribution in [-0.2, 0) is 6.61 Å². The van der Waals surface area contributed by atoms with Gasteiger partial charge in [-0.2, -0.15) is 0 Å². The number of rotatable bonds is 4. The van der Waals surface area contributed by atoms with Gasteiger partial charge in [-0.05, 0) is 11.6 Å². The standard InChI is InChI=1S/C13H12BFO3/c15-13-11(14(16)17)7-4-8-12(13)18-9-10-5-2-1-3-6-10/h1-8,16-17H,9H2. The van der Waals surface area contributed by atoms with Crippen LogP contribution in [0.2, 0.25) is 0 Å². The van der Waals surface area contributed by atoms with E-state index in [2.05, 4.69) is 0 Å². The molecule has 2 rings (SSSR count). The number of ether oxygens (including phenoxy) is 1. The maximum atomic E-state index is 13.8. The molecule has 18 heavy (non-hydrogen) atoms. The summed E-state index contributed by atoms with van der Waals surface area (Å²) in [5.74, 6) is -0.743. The Labute approximate surface area is 105 Å². The van der Waals surface area contributed by atoms with Gasteiger partial charge in [0.1, 0.15) is 6.61 Å². The van der Waals surface area contributed by atoms with Gasteiger partial charge in [0.15, 0.2) is 11.6 Å². The molecule has 0 amide bonds. The molecule has 0 heterocycles. The summed E-state index contributed by atoms with van der Waals surface area (Å²) >= 11 is 0. The average molecular weight is 246 g/mol. The van der Waals surface area contributed by atoms with E-state index in [0.717, 1.165) is 5.56 Å². The SMILES string of the molecule is OB(O)c1cccc(OCc2ccccc2)c1F. The summed E-state index contributed by atoms with van der Waals surface area (Å²) in [6.07, 6.45) is 0. The Morgan fingerprint density at radius 3 is 2.39 bits per heavy atom. The zero-order valence-corrected chi connectivity index (χ0v) is 9.58. The maximum absolute atomic E-state index is 13.8. The Morgan fingerprint density at radius 2 is 1.72 bits per heavy atom. The van der Waals surface area contributed by atoms with Crippen LogP contribution in [0, 0.1) is 5.82 Å². The van der Waals surface area contributed by atoms with Crippen molar-refractivity contribution in [3.8, 4) is 5.75 Å². The van der Waals surface area contributed by atoms with E-state index in [1.54, 1.807) is 0 Å². The molecule has 0 atom stereocenters. The van der Waals surface area contributed by atoms with Crippen LogP contribution in [0.5, 0.6) is 5.75 Å². The van der Waals surface area contributed by atoms with Crippen molar-refractivity contribution < 1.29 is 19.2 Å². The van der Waals surface area contributed by atoms with Crippen molar-refractivity contribution in [3.63, 3.8) is 0 Å². The van der Waals surface area contributed by atoms with E-state index < -0.39 is 12.9 Å². The van der Waals surface area contributed by atoms with Crippen molar-refractivity contribution in [3.05, 3.63) is 59.9 Å². The summed E-state index contributed by atoms with van der Waals surface area (Å²) < 4.78 is 19.1. The maximum Gasteiger partial charge on any atom is 0.491 e. The van der Waals surface area contributed by atoms with E-state index in [1.807, 2.05) is 30.3 Å². The summed E-state index contributed by atoms with van der Waals surface area (Å²) in [4.78, 5) is 0. The van der Waals surface area contributed by atoms with Crippen LogP contribution in [0.15, 0.2) is 48.5 Å². The first kappa shape index (κ1) is 12.6. The molecule has 0 aromatic heterocycles. The van der Waals surface area contributed by atoms with E-state index >= 15 is 0 Å². The van der Waals surface area contributed by atoms with Crippen molar-refractivity contribution in [1.29, 1.82) is 0 Å². The molecule has 0 aliphatic carbocycles. The van der Waals surface area contributed by atoms with Crippen LogP contribution >= 0.6 is 0 Å². The molecule has 3 nitrogen and oxygen atoms in total. The van der Waals surface area contributed by atoms with Crippen LogP contribution < -0.4 is 10.2 Å². The zero-order valence-electron chi connectivity index (χ0n) is 9.58. The second-order valence-electron chi connectivity index (χ2n) is 3.81. The summed E-state index contributed by atoms with van der Waals surface area (Å²) in [6, 6.07) is 13.6. The molecule has 0 spiro atoms. The molecule has 2 N–H and O–H groups in total. The van der Waals surface area contributed by atoms with Gasteiger partial charge in [0.05, 0.1) is 0 Å². The Morgan fingerprint density at radius 1 is 1.00 bits per heavy atom. The molecule has 0 aliphatic rings. The van der Waals surface area contributed by atoms with E-state index in [9.17, 15) is 4.39 Å². The van der Waals surface area contributed by atoms with Crippen LogP contribution in [0.3, 0.4) is 0 Å². The third-order valence-corrected chi connectivity index (χ3v) is 2.51. The number of hydrogen-bond acceptors (Lipinski definition) is 3. The van der Waals surface area contributed by atoms with E-state index in [0.29, 0.717) is 0 Å². The number of halogens is 1. The molecule has 0 saturated carbocycles. The van der Waals surface area contributed by atoms with Crippen molar-refractivity contribution in [2.24, 2.45) is 0 Å². The molecule has 5 heteroatoms. The quantitative estimate of drug-likeness (QED) is 0.794. The number of hydrogen-bond donors (Lipinski definition) is 2. The Hall–Kier alpha value is -1.85. The zero-order chi connectivity index (χ0) is 13.0. The molecule has 0 fully saturated rings. The largest absolute Gasteiger partial charge is 0.491 e. The molecular formula is C13H12BFO3. The Kier molecular flexibility index (Phi) is 3.97. The second kappa shape index (κ2) is 5.66. The summed E-state index contributed by atoms with van der Waals surface area (Å²) in [5.41, 5.74) is 0.715. The predicted molar refractivity (Wildman–Crippen MR) is 67.0 cm³/mol. The highest BCUT2D eigenvalue weighted by Crippen LogP contribution is 2.16. The molecule has 2 aromatic rings. The van der Waals surface area contributed by atoms with E-state index in [4.69, 9.17) is 14.8 Å². The fourth-order valence-electron chi connectivity index (χ4n) is 1.57.